The Morgan fingerprint density at radius 2 is 2.40 bits per heavy atom. The van der Waals surface area contributed by atoms with Crippen molar-refractivity contribution in [2.24, 2.45) is 5.92 Å². The highest BCUT2D eigenvalue weighted by Crippen LogP contribution is 2.35. The first-order valence-electron chi connectivity index (χ1n) is 5.00. The molecule has 1 saturated carbocycles. The van der Waals surface area contributed by atoms with E-state index in [1.807, 2.05) is 0 Å². The van der Waals surface area contributed by atoms with Crippen LogP contribution >= 0.6 is 0 Å². The van der Waals surface area contributed by atoms with Crippen LogP contribution in [0.3, 0.4) is 0 Å². The molecular weight excluding hydrogens is 194 g/mol. The number of carboxylic acids is 1. The van der Waals surface area contributed by atoms with Crippen LogP contribution in [0.15, 0.2) is 18.6 Å². The minimum absolute atomic E-state index is 0.0146. The van der Waals surface area contributed by atoms with Crippen molar-refractivity contribution in [3.63, 3.8) is 0 Å². The molecule has 2 rings (SSSR count). The Labute approximate surface area is 87.6 Å². The molecule has 0 amide bonds. The van der Waals surface area contributed by atoms with Gasteiger partial charge >= 0.3 is 5.97 Å². The summed E-state index contributed by atoms with van der Waals surface area (Å²) in [7, 11) is 0. The molecule has 1 unspecified atom stereocenters. The van der Waals surface area contributed by atoms with Crippen LogP contribution in [0.5, 0.6) is 0 Å². The average Bonchev–Trinajstić information content (AvgIpc) is 3.01. The summed E-state index contributed by atoms with van der Waals surface area (Å²) in [6.45, 7) is 0. The van der Waals surface area contributed by atoms with Gasteiger partial charge in [0, 0.05) is 18.4 Å². The largest absolute Gasteiger partial charge is 0.481 e. The Hall–Kier alpha value is -1.65. The molecule has 1 aliphatic carbocycles. The minimum Gasteiger partial charge on any atom is -0.481 e. The molecule has 1 atom stereocenters. The Balaban J connectivity index is 1.97. The summed E-state index contributed by atoms with van der Waals surface area (Å²) in [5.41, 5.74) is 0. The Morgan fingerprint density at radius 1 is 1.60 bits per heavy atom. The van der Waals surface area contributed by atoms with Gasteiger partial charge in [0.25, 0.3) is 0 Å². The maximum Gasteiger partial charge on any atom is 0.305 e. The molecule has 1 aliphatic rings. The van der Waals surface area contributed by atoms with Gasteiger partial charge in [0.05, 0.1) is 12.6 Å². The lowest BCUT2D eigenvalue weighted by Gasteiger charge is -2.16. The van der Waals surface area contributed by atoms with Gasteiger partial charge in [-0.1, -0.05) is 0 Å². The third kappa shape index (κ3) is 2.90. The van der Waals surface area contributed by atoms with Crippen molar-refractivity contribution in [3.8, 4) is 0 Å². The molecule has 80 valence electrons. The summed E-state index contributed by atoms with van der Waals surface area (Å²) in [5, 5.41) is 11.9. The summed E-state index contributed by atoms with van der Waals surface area (Å²) < 4.78 is 0. The number of nitrogens with one attached hydrogen (secondary N) is 1. The molecule has 0 aliphatic heterocycles. The SMILES string of the molecule is O=C(O)CC(Nc1cnccn1)C1CC1. The maximum atomic E-state index is 10.7. The summed E-state index contributed by atoms with van der Waals surface area (Å²) >= 11 is 0. The van der Waals surface area contributed by atoms with E-state index in [0.717, 1.165) is 12.8 Å². The molecule has 0 bridgehead atoms. The van der Waals surface area contributed by atoms with Crippen molar-refractivity contribution in [1.29, 1.82) is 0 Å². The van der Waals surface area contributed by atoms with Gasteiger partial charge in [-0.3, -0.25) is 9.78 Å². The van der Waals surface area contributed by atoms with Gasteiger partial charge in [-0.05, 0) is 18.8 Å². The molecule has 0 radical (unpaired) electrons. The number of rotatable bonds is 5. The Morgan fingerprint density at radius 3 is 2.93 bits per heavy atom. The van der Waals surface area contributed by atoms with Crippen molar-refractivity contribution in [2.75, 3.05) is 5.32 Å². The van der Waals surface area contributed by atoms with Crippen LogP contribution in [0.1, 0.15) is 19.3 Å². The zero-order chi connectivity index (χ0) is 10.7. The van der Waals surface area contributed by atoms with Gasteiger partial charge in [0.1, 0.15) is 5.82 Å². The first kappa shape index (κ1) is 9.89. The minimum atomic E-state index is -0.775. The number of nitrogens with zero attached hydrogens (tertiary/aromatic N) is 2. The first-order chi connectivity index (χ1) is 7.25. The van der Waals surface area contributed by atoms with Crippen LogP contribution in [0.2, 0.25) is 0 Å². The van der Waals surface area contributed by atoms with E-state index in [1.165, 1.54) is 0 Å². The second-order valence-corrected chi connectivity index (χ2v) is 3.78. The molecule has 0 aromatic carbocycles. The highest BCUT2D eigenvalue weighted by molar-refractivity contribution is 5.68. The predicted octanol–water partition coefficient (Wildman–Crippen LogP) is 1.14. The van der Waals surface area contributed by atoms with Crippen LogP contribution in [0.4, 0.5) is 5.82 Å². The van der Waals surface area contributed by atoms with Crippen molar-refractivity contribution in [2.45, 2.75) is 25.3 Å². The fraction of sp³-hybridized carbons (Fsp3) is 0.500. The van der Waals surface area contributed by atoms with Gasteiger partial charge in [0.2, 0.25) is 0 Å². The first-order valence-corrected chi connectivity index (χ1v) is 5.00. The van der Waals surface area contributed by atoms with E-state index in [1.54, 1.807) is 18.6 Å². The number of aromatic nitrogens is 2. The smallest absolute Gasteiger partial charge is 0.305 e. The molecule has 5 nitrogen and oxygen atoms in total. The molecule has 2 N–H and O–H groups in total. The van der Waals surface area contributed by atoms with E-state index in [-0.39, 0.29) is 12.5 Å². The summed E-state index contributed by atoms with van der Waals surface area (Å²) in [6.07, 6.45) is 7.14. The lowest BCUT2D eigenvalue weighted by molar-refractivity contribution is -0.137. The average molecular weight is 207 g/mol. The van der Waals surface area contributed by atoms with Crippen molar-refractivity contribution >= 4 is 11.8 Å². The highest BCUT2D eigenvalue weighted by Gasteiger charge is 2.32. The van der Waals surface area contributed by atoms with Gasteiger partial charge in [-0.15, -0.1) is 0 Å². The maximum absolute atomic E-state index is 10.7. The van der Waals surface area contributed by atoms with Crippen molar-refractivity contribution in [1.82, 2.24) is 9.97 Å². The monoisotopic (exact) mass is 207 g/mol. The van der Waals surface area contributed by atoms with E-state index >= 15 is 0 Å². The summed E-state index contributed by atoms with van der Waals surface area (Å²) in [5.74, 6) is 0.349. The van der Waals surface area contributed by atoms with Crippen LogP contribution in [0, 0.1) is 5.92 Å². The second-order valence-electron chi connectivity index (χ2n) is 3.78. The van der Waals surface area contributed by atoms with Gasteiger partial charge in [0.15, 0.2) is 0 Å². The molecule has 1 aromatic heterocycles. The number of aliphatic carboxylic acids is 1. The molecule has 0 saturated heterocycles. The Kier molecular flexibility index (Phi) is 2.80. The standard InChI is InChI=1S/C10H13N3O2/c14-10(15)5-8(7-1-2-7)13-9-6-11-3-4-12-9/h3-4,6-8H,1-2,5H2,(H,12,13)(H,14,15). The van der Waals surface area contributed by atoms with Gasteiger partial charge in [-0.25, -0.2) is 4.98 Å². The second kappa shape index (κ2) is 4.25. The molecule has 1 heterocycles. The van der Waals surface area contributed by atoms with E-state index in [2.05, 4.69) is 15.3 Å². The Bertz CT molecular complexity index is 338. The lowest BCUT2D eigenvalue weighted by Crippen LogP contribution is -2.25. The van der Waals surface area contributed by atoms with Gasteiger partial charge < -0.3 is 10.4 Å². The van der Waals surface area contributed by atoms with Crippen molar-refractivity contribution in [3.05, 3.63) is 18.6 Å². The van der Waals surface area contributed by atoms with Crippen LogP contribution in [0.25, 0.3) is 0 Å². The number of carbonyl (C=O) groups is 1. The zero-order valence-corrected chi connectivity index (χ0v) is 8.26. The fourth-order valence-electron chi connectivity index (χ4n) is 1.59. The number of carboxylic acid groups (broad SMARTS) is 1. The molecule has 5 heteroatoms. The fourth-order valence-corrected chi connectivity index (χ4v) is 1.59. The molecule has 1 fully saturated rings. The topological polar surface area (TPSA) is 75.1 Å². The number of hydrogen-bond acceptors (Lipinski definition) is 4. The van der Waals surface area contributed by atoms with E-state index in [4.69, 9.17) is 5.11 Å². The normalized spacial score (nSPS) is 17.1. The van der Waals surface area contributed by atoms with Crippen LogP contribution in [-0.4, -0.2) is 27.1 Å². The predicted molar refractivity (Wildman–Crippen MR) is 54.4 cm³/mol. The van der Waals surface area contributed by atoms with E-state index in [9.17, 15) is 4.79 Å². The van der Waals surface area contributed by atoms with Crippen LogP contribution < -0.4 is 5.32 Å². The zero-order valence-electron chi connectivity index (χ0n) is 8.26. The van der Waals surface area contributed by atoms with Crippen LogP contribution in [-0.2, 0) is 4.79 Å². The molecular formula is C10H13N3O2. The highest BCUT2D eigenvalue weighted by atomic mass is 16.4. The molecule has 0 spiro atoms. The van der Waals surface area contributed by atoms with E-state index in [0.29, 0.717) is 11.7 Å². The third-order valence-corrected chi connectivity index (χ3v) is 2.48. The molecule has 15 heavy (non-hydrogen) atoms. The lowest BCUT2D eigenvalue weighted by atomic mass is 10.1. The third-order valence-electron chi connectivity index (χ3n) is 2.48. The summed E-state index contributed by atoms with van der Waals surface area (Å²) in [6, 6.07) is -0.0146. The quantitative estimate of drug-likeness (QED) is 0.757. The van der Waals surface area contributed by atoms with E-state index < -0.39 is 5.97 Å². The molecule has 1 aromatic rings. The summed E-state index contributed by atoms with van der Waals surface area (Å²) in [4.78, 5) is 18.6. The number of hydrogen-bond donors (Lipinski definition) is 2. The van der Waals surface area contributed by atoms with Crippen molar-refractivity contribution < 1.29 is 9.90 Å². The van der Waals surface area contributed by atoms with Gasteiger partial charge in [-0.2, -0.15) is 0 Å². The number of anilines is 1.